The number of nitrogens with one attached hydrogen (secondary N) is 2. The lowest BCUT2D eigenvalue weighted by atomic mass is 9.91. The number of anilines is 2. The SMILES string of the molecule is CC(C)(C)OC(=O)NC1CCC(Nc2nc(N)c(C(N)=O)nc2Cl)CC1. The van der Waals surface area contributed by atoms with Gasteiger partial charge in [0.1, 0.15) is 5.60 Å². The van der Waals surface area contributed by atoms with Gasteiger partial charge < -0.3 is 26.8 Å². The van der Waals surface area contributed by atoms with Crippen LogP contribution in [-0.2, 0) is 4.74 Å². The van der Waals surface area contributed by atoms with Crippen LogP contribution in [0.4, 0.5) is 16.4 Å². The van der Waals surface area contributed by atoms with Crippen molar-refractivity contribution in [3.63, 3.8) is 0 Å². The lowest BCUT2D eigenvalue weighted by Gasteiger charge is -2.30. The Morgan fingerprint density at radius 2 is 1.73 bits per heavy atom. The van der Waals surface area contributed by atoms with E-state index in [1.54, 1.807) is 0 Å². The van der Waals surface area contributed by atoms with Crippen LogP contribution in [0.5, 0.6) is 0 Å². The maximum Gasteiger partial charge on any atom is 0.407 e. The fraction of sp³-hybridized carbons (Fsp3) is 0.625. The van der Waals surface area contributed by atoms with Gasteiger partial charge in [0.2, 0.25) is 0 Å². The molecule has 1 heterocycles. The summed E-state index contributed by atoms with van der Waals surface area (Å²) in [4.78, 5) is 31.0. The number of amides is 2. The molecule has 0 radical (unpaired) electrons. The predicted molar refractivity (Wildman–Crippen MR) is 99.0 cm³/mol. The van der Waals surface area contributed by atoms with Gasteiger partial charge in [0.05, 0.1) is 0 Å². The van der Waals surface area contributed by atoms with Crippen LogP contribution in [0.25, 0.3) is 0 Å². The summed E-state index contributed by atoms with van der Waals surface area (Å²) in [6.07, 6.45) is 2.78. The molecule has 26 heavy (non-hydrogen) atoms. The number of carbonyl (C=O) groups is 2. The third-order valence-corrected chi connectivity index (χ3v) is 4.17. The van der Waals surface area contributed by atoms with E-state index in [1.807, 2.05) is 20.8 Å². The summed E-state index contributed by atoms with van der Waals surface area (Å²) in [5.74, 6) is -0.528. The molecule has 0 saturated heterocycles. The quantitative estimate of drug-likeness (QED) is 0.621. The van der Waals surface area contributed by atoms with Crippen LogP contribution in [-0.4, -0.2) is 39.7 Å². The number of aromatic nitrogens is 2. The number of hydrogen-bond donors (Lipinski definition) is 4. The average Bonchev–Trinajstić information content (AvgIpc) is 2.50. The first kappa shape index (κ1) is 20.0. The van der Waals surface area contributed by atoms with Gasteiger partial charge in [-0.15, -0.1) is 0 Å². The molecule has 9 nitrogen and oxygen atoms in total. The Labute approximate surface area is 157 Å². The zero-order chi connectivity index (χ0) is 19.5. The molecule has 1 aliphatic rings. The van der Waals surface area contributed by atoms with Crippen molar-refractivity contribution in [2.45, 2.75) is 64.1 Å². The molecule has 1 fully saturated rings. The van der Waals surface area contributed by atoms with Crippen LogP contribution in [0.3, 0.4) is 0 Å². The molecule has 2 rings (SSSR count). The molecule has 1 saturated carbocycles. The Bertz CT molecular complexity index is 683. The topological polar surface area (TPSA) is 145 Å². The number of rotatable bonds is 4. The monoisotopic (exact) mass is 384 g/mol. The Morgan fingerprint density at radius 3 is 2.27 bits per heavy atom. The number of hydrogen-bond acceptors (Lipinski definition) is 7. The van der Waals surface area contributed by atoms with Gasteiger partial charge in [-0.25, -0.2) is 14.8 Å². The van der Waals surface area contributed by atoms with Gasteiger partial charge in [-0.05, 0) is 46.5 Å². The third-order valence-electron chi connectivity index (χ3n) is 3.90. The molecule has 0 bridgehead atoms. The van der Waals surface area contributed by atoms with E-state index in [0.717, 1.165) is 25.7 Å². The largest absolute Gasteiger partial charge is 0.444 e. The van der Waals surface area contributed by atoms with Crippen molar-refractivity contribution in [1.82, 2.24) is 15.3 Å². The molecule has 10 heteroatoms. The van der Waals surface area contributed by atoms with Gasteiger partial charge in [-0.2, -0.15) is 0 Å². The molecule has 0 unspecified atom stereocenters. The number of nitrogens with zero attached hydrogens (tertiary/aromatic N) is 2. The average molecular weight is 385 g/mol. The Morgan fingerprint density at radius 1 is 1.15 bits per heavy atom. The van der Waals surface area contributed by atoms with Crippen molar-refractivity contribution in [1.29, 1.82) is 0 Å². The fourth-order valence-electron chi connectivity index (χ4n) is 2.75. The van der Waals surface area contributed by atoms with Crippen LogP contribution >= 0.6 is 11.6 Å². The van der Waals surface area contributed by atoms with Gasteiger partial charge in [0.25, 0.3) is 5.91 Å². The third kappa shape index (κ3) is 5.62. The van der Waals surface area contributed by atoms with Crippen molar-refractivity contribution in [3.8, 4) is 0 Å². The first-order chi connectivity index (χ1) is 12.0. The molecule has 1 aromatic heterocycles. The fourth-order valence-corrected chi connectivity index (χ4v) is 2.93. The second-order valence-electron chi connectivity index (χ2n) is 7.30. The zero-order valence-electron chi connectivity index (χ0n) is 15.1. The second kappa shape index (κ2) is 7.94. The Kier molecular flexibility index (Phi) is 6.12. The summed E-state index contributed by atoms with van der Waals surface area (Å²) in [6, 6.07) is 0.170. The molecule has 1 aromatic rings. The maximum absolute atomic E-state index is 11.8. The number of primary amides is 1. The van der Waals surface area contributed by atoms with E-state index in [2.05, 4.69) is 20.6 Å². The summed E-state index contributed by atoms with van der Waals surface area (Å²) in [7, 11) is 0. The highest BCUT2D eigenvalue weighted by molar-refractivity contribution is 6.32. The number of halogens is 1. The minimum absolute atomic E-state index is 0.0435. The minimum Gasteiger partial charge on any atom is -0.444 e. The summed E-state index contributed by atoms with van der Waals surface area (Å²) >= 11 is 6.05. The summed E-state index contributed by atoms with van der Waals surface area (Å²) in [5, 5.41) is 6.12. The maximum atomic E-state index is 11.8. The Balaban J connectivity index is 1.88. The normalized spacial score (nSPS) is 20.3. The number of nitrogen functional groups attached to an aromatic ring is 1. The number of carbonyl (C=O) groups excluding carboxylic acids is 2. The standard InChI is InChI=1S/C16H25ClN6O3/c1-16(2,3)26-15(25)21-9-6-4-8(5-7-9)20-14-11(17)22-10(13(19)24)12(18)23-14/h8-9H,4-7H2,1-3H3,(H2,19,24)(H,21,25)(H3,18,20,23). The number of ether oxygens (including phenoxy) is 1. The zero-order valence-corrected chi connectivity index (χ0v) is 15.9. The highest BCUT2D eigenvalue weighted by atomic mass is 35.5. The first-order valence-electron chi connectivity index (χ1n) is 8.44. The summed E-state index contributed by atoms with van der Waals surface area (Å²) in [5.41, 5.74) is 10.2. The van der Waals surface area contributed by atoms with Crippen LogP contribution in [0.1, 0.15) is 56.9 Å². The van der Waals surface area contributed by atoms with Crippen LogP contribution in [0.15, 0.2) is 0 Å². The molecule has 144 valence electrons. The molecular weight excluding hydrogens is 360 g/mol. The van der Waals surface area contributed by atoms with E-state index >= 15 is 0 Å². The van der Waals surface area contributed by atoms with Crippen LogP contribution in [0, 0.1) is 0 Å². The van der Waals surface area contributed by atoms with Crippen molar-refractivity contribution < 1.29 is 14.3 Å². The molecule has 2 amide bonds. The van der Waals surface area contributed by atoms with Crippen molar-refractivity contribution >= 4 is 35.2 Å². The van der Waals surface area contributed by atoms with Gasteiger partial charge in [0.15, 0.2) is 22.5 Å². The van der Waals surface area contributed by atoms with E-state index < -0.39 is 17.6 Å². The molecule has 0 spiro atoms. The minimum atomic E-state index is -0.780. The van der Waals surface area contributed by atoms with E-state index in [4.69, 9.17) is 27.8 Å². The van der Waals surface area contributed by atoms with Crippen molar-refractivity contribution in [2.24, 2.45) is 5.73 Å². The first-order valence-corrected chi connectivity index (χ1v) is 8.82. The van der Waals surface area contributed by atoms with Gasteiger partial charge >= 0.3 is 6.09 Å². The lowest BCUT2D eigenvalue weighted by molar-refractivity contribution is 0.0492. The molecular formula is C16H25ClN6O3. The van der Waals surface area contributed by atoms with E-state index in [-0.39, 0.29) is 28.7 Å². The number of alkyl carbamates (subject to hydrolysis) is 1. The highest BCUT2D eigenvalue weighted by Gasteiger charge is 2.26. The van der Waals surface area contributed by atoms with Gasteiger partial charge in [-0.3, -0.25) is 4.79 Å². The molecule has 1 aliphatic carbocycles. The Hall–Kier alpha value is -2.29. The molecule has 6 N–H and O–H groups in total. The lowest BCUT2D eigenvalue weighted by Crippen LogP contribution is -2.42. The molecule has 0 aliphatic heterocycles. The number of nitrogens with two attached hydrogens (primary N) is 2. The highest BCUT2D eigenvalue weighted by Crippen LogP contribution is 2.26. The van der Waals surface area contributed by atoms with E-state index in [9.17, 15) is 9.59 Å². The van der Waals surface area contributed by atoms with Crippen molar-refractivity contribution in [2.75, 3.05) is 11.1 Å². The molecule has 0 aromatic carbocycles. The smallest absolute Gasteiger partial charge is 0.407 e. The summed E-state index contributed by atoms with van der Waals surface area (Å²) in [6.45, 7) is 5.48. The van der Waals surface area contributed by atoms with Crippen molar-refractivity contribution in [3.05, 3.63) is 10.8 Å². The van der Waals surface area contributed by atoms with Crippen LogP contribution < -0.4 is 22.1 Å². The predicted octanol–water partition coefficient (Wildman–Crippen LogP) is 2.06. The van der Waals surface area contributed by atoms with Crippen LogP contribution in [0.2, 0.25) is 5.15 Å². The van der Waals surface area contributed by atoms with E-state index in [1.165, 1.54) is 0 Å². The van der Waals surface area contributed by atoms with Gasteiger partial charge in [0, 0.05) is 12.1 Å². The summed E-state index contributed by atoms with van der Waals surface area (Å²) < 4.78 is 5.27. The molecule has 0 atom stereocenters. The van der Waals surface area contributed by atoms with E-state index in [0.29, 0.717) is 5.82 Å². The second-order valence-corrected chi connectivity index (χ2v) is 7.66. The van der Waals surface area contributed by atoms with Gasteiger partial charge in [-0.1, -0.05) is 11.6 Å².